The van der Waals surface area contributed by atoms with Crippen LogP contribution in [-0.2, 0) is 0 Å². The van der Waals surface area contributed by atoms with Gasteiger partial charge < -0.3 is 9.47 Å². The minimum Gasteiger partial charge on any atom is -0.497 e. The van der Waals surface area contributed by atoms with Crippen LogP contribution in [0.5, 0.6) is 17.2 Å². The summed E-state index contributed by atoms with van der Waals surface area (Å²) >= 11 is 9.32. The summed E-state index contributed by atoms with van der Waals surface area (Å²) in [6.45, 7) is 0. The van der Waals surface area contributed by atoms with Gasteiger partial charge in [0.2, 0.25) is 0 Å². The van der Waals surface area contributed by atoms with E-state index in [1.165, 1.54) is 0 Å². The third-order valence-corrected chi connectivity index (χ3v) is 3.44. The Morgan fingerprint density at radius 1 is 1.21 bits per heavy atom. The first-order valence-corrected chi connectivity index (χ1v) is 6.58. The van der Waals surface area contributed by atoms with Gasteiger partial charge in [-0.05, 0) is 46.3 Å². The summed E-state index contributed by atoms with van der Waals surface area (Å²) in [6, 6.07) is 10.3. The summed E-state index contributed by atoms with van der Waals surface area (Å²) in [5.41, 5.74) is 0.326. The summed E-state index contributed by atoms with van der Waals surface area (Å²) in [4.78, 5) is 11.0. The van der Waals surface area contributed by atoms with Gasteiger partial charge in [0, 0.05) is 0 Å². The smallest absolute Gasteiger partial charge is 0.155 e. The Labute approximate surface area is 124 Å². The van der Waals surface area contributed by atoms with Gasteiger partial charge in [-0.15, -0.1) is 0 Å². The Bertz CT molecular complexity index is 614. The molecule has 0 amide bonds. The summed E-state index contributed by atoms with van der Waals surface area (Å²) in [7, 11) is 1.59. The van der Waals surface area contributed by atoms with Gasteiger partial charge in [0.1, 0.15) is 17.2 Å². The number of methoxy groups -OCH3 is 1. The fourth-order valence-corrected chi connectivity index (χ4v) is 2.18. The fourth-order valence-electron chi connectivity index (χ4n) is 1.53. The quantitative estimate of drug-likeness (QED) is 0.755. The molecule has 0 aliphatic rings. The van der Waals surface area contributed by atoms with Gasteiger partial charge >= 0.3 is 0 Å². The fraction of sp³-hybridized carbons (Fsp3) is 0.0714. The zero-order valence-corrected chi connectivity index (χ0v) is 12.4. The molecular weight excluding hydrogens is 332 g/mol. The predicted octanol–water partition coefficient (Wildman–Crippen LogP) is 4.72. The van der Waals surface area contributed by atoms with Gasteiger partial charge in [-0.2, -0.15) is 0 Å². The van der Waals surface area contributed by atoms with Crippen molar-refractivity contribution < 1.29 is 14.3 Å². The molecular formula is C14H10BrClO3. The monoisotopic (exact) mass is 340 g/mol. The maximum Gasteiger partial charge on any atom is 0.155 e. The van der Waals surface area contributed by atoms with Gasteiger partial charge in [-0.1, -0.05) is 17.7 Å². The van der Waals surface area contributed by atoms with Crippen LogP contribution in [0.4, 0.5) is 0 Å². The molecule has 0 saturated heterocycles. The van der Waals surface area contributed by atoms with Gasteiger partial charge in [-0.3, -0.25) is 4.79 Å². The molecule has 3 nitrogen and oxygen atoms in total. The number of halogens is 2. The summed E-state index contributed by atoms with van der Waals surface area (Å²) in [6.07, 6.45) is 0.676. The average Bonchev–Trinajstić information content (AvgIpc) is 2.41. The van der Waals surface area contributed by atoms with Gasteiger partial charge in [-0.25, -0.2) is 0 Å². The van der Waals surface area contributed by atoms with Crippen LogP contribution >= 0.6 is 27.5 Å². The topological polar surface area (TPSA) is 35.5 Å². The van der Waals surface area contributed by atoms with Crippen LogP contribution in [0, 0.1) is 0 Å². The van der Waals surface area contributed by atoms with E-state index >= 15 is 0 Å². The van der Waals surface area contributed by atoms with E-state index in [0.29, 0.717) is 34.1 Å². The molecule has 0 atom stereocenters. The first-order chi connectivity index (χ1) is 9.15. The molecule has 2 rings (SSSR count). The minimum absolute atomic E-state index is 0.326. The number of carbonyl (C=O) groups is 1. The van der Waals surface area contributed by atoms with E-state index < -0.39 is 0 Å². The second kappa shape index (κ2) is 6.08. The van der Waals surface area contributed by atoms with Crippen molar-refractivity contribution in [3.8, 4) is 17.2 Å². The molecule has 19 heavy (non-hydrogen) atoms. The summed E-state index contributed by atoms with van der Waals surface area (Å²) in [5, 5.41) is 0.358. The molecule has 0 aliphatic carbocycles. The zero-order chi connectivity index (χ0) is 13.8. The van der Waals surface area contributed by atoms with Crippen molar-refractivity contribution >= 4 is 33.8 Å². The third-order valence-electron chi connectivity index (χ3n) is 2.49. The predicted molar refractivity (Wildman–Crippen MR) is 77.6 cm³/mol. The normalized spacial score (nSPS) is 10.1. The van der Waals surface area contributed by atoms with Crippen molar-refractivity contribution in [1.82, 2.24) is 0 Å². The molecule has 98 valence electrons. The Morgan fingerprint density at radius 3 is 2.63 bits per heavy atom. The largest absolute Gasteiger partial charge is 0.497 e. The van der Waals surface area contributed by atoms with Gasteiger partial charge in [0.15, 0.2) is 6.29 Å². The molecule has 5 heteroatoms. The first kappa shape index (κ1) is 13.9. The lowest BCUT2D eigenvalue weighted by Crippen LogP contribution is -1.92. The molecule has 0 aliphatic heterocycles. The maximum atomic E-state index is 11.0. The molecule has 0 fully saturated rings. The number of hydrogen-bond acceptors (Lipinski definition) is 3. The number of rotatable bonds is 4. The van der Waals surface area contributed by atoms with Crippen LogP contribution in [0.2, 0.25) is 5.02 Å². The molecule has 2 aromatic rings. The van der Waals surface area contributed by atoms with Crippen molar-refractivity contribution in [2.45, 2.75) is 0 Å². The number of carbonyl (C=O) groups excluding carboxylic acids is 1. The summed E-state index contributed by atoms with van der Waals surface area (Å²) in [5.74, 6) is 1.69. The minimum atomic E-state index is 0.326. The van der Waals surface area contributed by atoms with E-state index in [1.54, 1.807) is 43.5 Å². The van der Waals surface area contributed by atoms with Crippen molar-refractivity contribution in [3.63, 3.8) is 0 Å². The molecule has 0 saturated carbocycles. The lowest BCUT2D eigenvalue weighted by molar-refractivity contribution is 0.112. The molecule has 2 aromatic carbocycles. The second-order valence-electron chi connectivity index (χ2n) is 3.67. The van der Waals surface area contributed by atoms with Crippen LogP contribution in [0.15, 0.2) is 40.9 Å². The second-order valence-corrected chi connectivity index (χ2v) is 4.93. The van der Waals surface area contributed by atoms with E-state index in [2.05, 4.69) is 15.9 Å². The Kier molecular flexibility index (Phi) is 4.45. The van der Waals surface area contributed by atoms with E-state index in [-0.39, 0.29) is 0 Å². The Morgan fingerprint density at radius 2 is 2.00 bits per heavy atom. The molecule has 0 radical (unpaired) electrons. The van der Waals surface area contributed by atoms with Crippen molar-refractivity contribution in [1.29, 1.82) is 0 Å². The lowest BCUT2D eigenvalue weighted by Gasteiger charge is -2.11. The highest BCUT2D eigenvalue weighted by molar-refractivity contribution is 9.10. The van der Waals surface area contributed by atoms with Crippen LogP contribution in [0.25, 0.3) is 0 Å². The average molecular weight is 342 g/mol. The van der Waals surface area contributed by atoms with Crippen LogP contribution < -0.4 is 9.47 Å². The van der Waals surface area contributed by atoms with E-state index in [0.717, 1.165) is 4.47 Å². The highest BCUT2D eigenvalue weighted by Crippen LogP contribution is 2.35. The van der Waals surface area contributed by atoms with Crippen molar-refractivity contribution in [3.05, 3.63) is 51.5 Å². The Hall–Kier alpha value is -1.52. The first-order valence-electron chi connectivity index (χ1n) is 5.41. The van der Waals surface area contributed by atoms with Crippen LogP contribution in [-0.4, -0.2) is 13.4 Å². The third kappa shape index (κ3) is 3.08. The van der Waals surface area contributed by atoms with E-state index in [9.17, 15) is 4.79 Å². The van der Waals surface area contributed by atoms with Crippen molar-refractivity contribution in [2.24, 2.45) is 0 Å². The number of ether oxygens (including phenoxy) is 2. The molecule has 0 spiro atoms. The maximum absolute atomic E-state index is 11.0. The number of hydrogen-bond donors (Lipinski definition) is 0. The van der Waals surface area contributed by atoms with Crippen LogP contribution in [0.3, 0.4) is 0 Å². The zero-order valence-electron chi connectivity index (χ0n) is 10.0. The number of aldehydes is 1. The van der Waals surface area contributed by atoms with Gasteiger partial charge in [0.05, 0.1) is 22.2 Å². The van der Waals surface area contributed by atoms with E-state index in [1.807, 2.05) is 0 Å². The standard InChI is InChI=1S/C14H10BrClO3/c1-18-9-5-6-14(11(15)7-9)19-13-4-2-3-12(16)10(13)8-17/h2-8H,1H3. The number of benzene rings is 2. The van der Waals surface area contributed by atoms with E-state index in [4.69, 9.17) is 21.1 Å². The van der Waals surface area contributed by atoms with Crippen molar-refractivity contribution in [2.75, 3.05) is 7.11 Å². The molecule has 0 bridgehead atoms. The highest BCUT2D eigenvalue weighted by Gasteiger charge is 2.10. The van der Waals surface area contributed by atoms with Crippen LogP contribution in [0.1, 0.15) is 10.4 Å². The molecule has 0 unspecified atom stereocenters. The molecule has 0 N–H and O–H groups in total. The lowest BCUT2D eigenvalue weighted by atomic mass is 10.2. The van der Waals surface area contributed by atoms with Gasteiger partial charge in [0.25, 0.3) is 0 Å². The SMILES string of the molecule is COc1ccc(Oc2cccc(Cl)c2C=O)c(Br)c1. The summed E-state index contributed by atoms with van der Waals surface area (Å²) < 4.78 is 11.5. The Balaban J connectivity index is 2.36. The molecule has 0 aromatic heterocycles. The highest BCUT2D eigenvalue weighted by atomic mass is 79.9. The molecule has 0 heterocycles.